The molecule has 0 aliphatic carbocycles. The van der Waals surface area contributed by atoms with Gasteiger partial charge in [0, 0.05) is 50.3 Å². The molecule has 2 aliphatic heterocycles. The molecule has 0 bridgehead atoms. The van der Waals surface area contributed by atoms with Crippen LogP contribution in [0.4, 0.5) is 0 Å². The number of nitrogens with one attached hydrogen (secondary N) is 1. The van der Waals surface area contributed by atoms with Crippen LogP contribution < -0.4 is 5.32 Å². The van der Waals surface area contributed by atoms with Crippen LogP contribution >= 0.6 is 0 Å². The highest BCUT2D eigenvalue weighted by atomic mass is 15.3. The maximum atomic E-state index is 3.48. The maximum Gasteiger partial charge on any atom is 0.0195 e. The molecule has 1 N–H and O–H groups in total. The largest absolute Gasteiger partial charge is 0.314 e. The molecule has 3 heteroatoms. The van der Waals surface area contributed by atoms with Gasteiger partial charge < -0.3 is 10.2 Å². The zero-order chi connectivity index (χ0) is 16.7. The van der Waals surface area contributed by atoms with Gasteiger partial charge in [-0.25, -0.2) is 0 Å². The Morgan fingerprint density at radius 2 is 1.50 bits per heavy atom. The number of nitrogens with zero attached hydrogens (tertiary/aromatic N) is 2. The molecule has 0 aromatic rings. The summed E-state index contributed by atoms with van der Waals surface area (Å²) < 4.78 is 0. The van der Waals surface area contributed by atoms with Crippen molar-refractivity contribution in [3.05, 3.63) is 0 Å². The highest BCUT2D eigenvalue weighted by Crippen LogP contribution is 2.47. The smallest absolute Gasteiger partial charge is 0.0195 e. The highest BCUT2D eigenvalue weighted by molar-refractivity contribution is 5.06. The normalized spacial score (nSPS) is 36.0. The van der Waals surface area contributed by atoms with E-state index in [1.807, 2.05) is 0 Å². The van der Waals surface area contributed by atoms with Crippen LogP contribution in [-0.2, 0) is 0 Å². The average Bonchev–Trinajstić information content (AvgIpc) is 2.64. The Kier molecular flexibility index (Phi) is 5.31. The van der Waals surface area contributed by atoms with Gasteiger partial charge in [0.15, 0.2) is 0 Å². The number of likely N-dealkylation sites (tertiary alicyclic amines) is 1. The van der Waals surface area contributed by atoms with Crippen LogP contribution in [0.15, 0.2) is 0 Å². The summed E-state index contributed by atoms with van der Waals surface area (Å²) in [5.74, 6) is 1.53. The van der Waals surface area contributed by atoms with Gasteiger partial charge in [-0.05, 0) is 44.9 Å². The van der Waals surface area contributed by atoms with Gasteiger partial charge in [-0.15, -0.1) is 0 Å². The number of rotatable bonds is 2. The van der Waals surface area contributed by atoms with Gasteiger partial charge in [-0.2, -0.15) is 0 Å². The zero-order valence-electron chi connectivity index (χ0n) is 16.2. The monoisotopic (exact) mass is 309 g/mol. The Morgan fingerprint density at radius 3 is 1.95 bits per heavy atom. The predicted octanol–water partition coefficient (Wildman–Crippen LogP) is 3.06. The van der Waals surface area contributed by atoms with Crippen LogP contribution in [-0.4, -0.2) is 60.1 Å². The van der Waals surface area contributed by atoms with Crippen molar-refractivity contribution in [1.29, 1.82) is 0 Å². The molecule has 22 heavy (non-hydrogen) atoms. The van der Waals surface area contributed by atoms with E-state index in [2.05, 4.69) is 70.5 Å². The third kappa shape index (κ3) is 3.68. The summed E-state index contributed by atoms with van der Waals surface area (Å²) in [6.07, 6.45) is 0. The lowest BCUT2D eigenvalue weighted by molar-refractivity contribution is 0.0108. The van der Waals surface area contributed by atoms with Gasteiger partial charge in [-0.1, -0.05) is 27.7 Å². The van der Waals surface area contributed by atoms with Crippen molar-refractivity contribution in [2.45, 2.75) is 73.0 Å². The summed E-state index contributed by atoms with van der Waals surface area (Å²) in [5, 5.41) is 3.48. The first-order chi connectivity index (χ1) is 10.0. The minimum absolute atomic E-state index is 0.240. The second-order valence-electron chi connectivity index (χ2n) is 9.70. The van der Waals surface area contributed by atoms with Crippen LogP contribution in [0.5, 0.6) is 0 Å². The van der Waals surface area contributed by atoms with Crippen LogP contribution in [0.25, 0.3) is 0 Å². The minimum Gasteiger partial charge on any atom is -0.314 e. The highest BCUT2D eigenvalue weighted by Gasteiger charge is 2.52. The first kappa shape index (κ1) is 18.2. The Hall–Kier alpha value is -0.120. The van der Waals surface area contributed by atoms with E-state index in [9.17, 15) is 0 Å². The summed E-state index contributed by atoms with van der Waals surface area (Å²) in [6.45, 7) is 25.4. The van der Waals surface area contributed by atoms with Crippen molar-refractivity contribution in [2.75, 3.05) is 32.7 Å². The second-order valence-corrected chi connectivity index (χ2v) is 9.70. The van der Waals surface area contributed by atoms with Gasteiger partial charge in [0.05, 0.1) is 0 Å². The van der Waals surface area contributed by atoms with Gasteiger partial charge >= 0.3 is 0 Å². The van der Waals surface area contributed by atoms with E-state index in [1.54, 1.807) is 0 Å². The number of hydrogen-bond donors (Lipinski definition) is 1. The Labute approximate surface area is 138 Å². The van der Waals surface area contributed by atoms with E-state index in [1.165, 1.54) is 19.6 Å². The molecule has 1 unspecified atom stereocenters. The predicted molar refractivity (Wildman–Crippen MR) is 96.3 cm³/mol. The second kappa shape index (κ2) is 6.41. The Balaban J connectivity index is 2.25. The molecular weight excluding hydrogens is 270 g/mol. The van der Waals surface area contributed by atoms with E-state index in [0.29, 0.717) is 17.5 Å². The lowest BCUT2D eigenvalue weighted by Crippen LogP contribution is -2.55. The summed E-state index contributed by atoms with van der Waals surface area (Å²) >= 11 is 0. The molecule has 2 aliphatic rings. The Bertz CT molecular complexity index is 360. The van der Waals surface area contributed by atoms with E-state index in [4.69, 9.17) is 0 Å². The summed E-state index contributed by atoms with van der Waals surface area (Å²) in [4.78, 5) is 5.51. The topological polar surface area (TPSA) is 18.5 Å². The van der Waals surface area contributed by atoms with Crippen molar-refractivity contribution < 1.29 is 0 Å². The fourth-order valence-corrected chi connectivity index (χ4v) is 4.90. The molecule has 2 heterocycles. The molecule has 0 aromatic heterocycles. The molecule has 0 spiro atoms. The van der Waals surface area contributed by atoms with Crippen LogP contribution in [0.3, 0.4) is 0 Å². The fourth-order valence-electron chi connectivity index (χ4n) is 4.90. The fraction of sp³-hybridized carbons (Fsp3) is 1.00. The van der Waals surface area contributed by atoms with Gasteiger partial charge in [-0.3, -0.25) is 4.90 Å². The lowest BCUT2D eigenvalue weighted by atomic mass is 9.75. The maximum absolute atomic E-state index is 3.48. The molecule has 3 nitrogen and oxygen atoms in total. The van der Waals surface area contributed by atoms with Crippen LogP contribution in [0, 0.1) is 17.3 Å². The minimum atomic E-state index is 0.240. The molecule has 0 amide bonds. The standard InChI is InChI=1S/C19H39N3/c1-14-15(2)22(19(6,7)8)17(18(3,4)5)16(14)13-21-11-9-20-10-12-21/h14-17,20H,9-13H2,1-8H3/t14-,15+,16?,17-/m0/s1. The molecule has 0 saturated carbocycles. The quantitative estimate of drug-likeness (QED) is 0.846. The van der Waals surface area contributed by atoms with E-state index < -0.39 is 0 Å². The molecule has 4 atom stereocenters. The van der Waals surface area contributed by atoms with Gasteiger partial charge in [0.2, 0.25) is 0 Å². The number of piperazine rings is 1. The Morgan fingerprint density at radius 1 is 0.955 bits per heavy atom. The van der Waals surface area contributed by atoms with Gasteiger partial charge in [0.1, 0.15) is 0 Å². The van der Waals surface area contributed by atoms with Gasteiger partial charge in [0.25, 0.3) is 0 Å². The molecule has 130 valence electrons. The van der Waals surface area contributed by atoms with Crippen molar-refractivity contribution >= 4 is 0 Å². The zero-order valence-corrected chi connectivity index (χ0v) is 16.2. The van der Waals surface area contributed by atoms with Crippen molar-refractivity contribution in [3.63, 3.8) is 0 Å². The molecule has 0 aromatic carbocycles. The first-order valence-corrected chi connectivity index (χ1v) is 9.25. The summed E-state index contributed by atoms with van der Waals surface area (Å²) in [7, 11) is 0. The number of hydrogen-bond acceptors (Lipinski definition) is 3. The van der Waals surface area contributed by atoms with E-state index in [0.717, 1.165) is 24.9 Å². The third-order valence-corrected chi connectivity index (χ3v) is 5.92. The summed E-state index contributed by atoms with van der Waals surface area (Å²) in [6, 6.07) is 1.32. The van der Waals surface area contributed by atoms with Crippen LogP contribution in [0.2, 0.25) is 0 Å². The molecule has 0 radical (unpaired) electrons. The van der Waals surface area contributed by atoms with E-state index in [-0.39, 0.29) is 5.54 Å². The van der Waals surface area contributed by atoms with Crippen molar-refractivity contribution in [3.8, 4) is 0 Å². The summed E-state index contributed by atoms with van der Waals surface area (Å²) in [5.41, 5.74) is 0.564. The van der Waals surface area contributed by atoms with Crippen LogP contribution in [0.1, 0.15) is 55.4 Å². The molecule has 2 fully saturated rings. The SMILES string of the molecule is C[C@@H]1C(CN2CCNCC2)[C@@H](C(C)(C)C)N(C(C)(C)C)[C@@H]1C. The van der Waals surface area contributed by atoms with Crippen molar-refractivity contribution in [2.24, 2.45) is 17.3 Å². The lowest BCUT2D eigenvalue weighted by Gasteiger charge is -2.47. The van der Waals surface area contributed by atoms with E-state index >= 15 is 0 Å². The average molecular weight is 310 g/mol. The molecule has 2 rings (SSSR count). The first-order valence-electron chi connectivity index (χ1n) is 9.25. The third-order valence-electron chi connectivity index (χ3n) is 5.92. The molecule has 2 saturated heterocycles. The molecular formula is C19H39N3. The van der Waals surface area contributed by atoms with Crippen molar-refractivity contribution in [1.82, 2.24) is 15.1 Å².